The van der Waals surface area contributed by atoms with E-state index in [1.54, 1.807) is 18.2 Å². The number of nitrogen functional groups attached to an aromatic ring is 1. The van der Waals surface area contributed by atoms with Crippen LogP contribution in [0, 0.1) is 0 Å². The fourth-order valence-electron chi connectivity index (χ4n) is 3.25. The largest absolute Gasteiger partial charge is 0.491 e. The normalized spacial score (nSPS) is 14.6. The van der Waals surface area contributed by atoms with E-state index in [9.17, 15) is 9.59 Å². The van der Waals surface area contributed by atoms with Gasteiger partial charge in [0, 0.05) is 32.7 Å². The van der Waals surface area contributed by atoms with Crippen molar-refractivity contribution in [2.24, 2.45) is 0 Å². The Bertz CT molecular complexity index is 831. The number of carbonyl (C=O) groups is 2. The number of amides is 1. The van der Waals surface area contributed by atoms with Crippen molar-refractivity contribution in [3.05, 3.63) is 29.8 Å². The molecule has 0 aliphatic carbocycles. The van der Waals surface area contributed by atoms with Gasteiger partial charge in [0.05, 0.1) is 38.2 Å². The minimum Gasteiger partial charge on any atom is -0.491 e. The zero-order valence-corrected chi connectivity index (χ0v) is 20.6. The van der Waals surface area contributed by atoms with Gasteiger partial charge in [-0.25, -0.2) is 9.59 Å². The van der Waals surface area contributed by atoms with Crippen LogP contribution in [0.15, 0.2) is 24.3 Å². The molecule has 1 aliphatic heterocycles. The molecule has 1 aliphatic rings. The number of hydrogen-bond acceptors (Lipinski definition) is 9. The number of benzene rings is 1. The van der Waals surface area contributed by atoms with E-state index in [2.05, 4.69) is 15.5 Å². The molecule has 1 heterocycles. The lowest BCUT2D eigenvalue weighted by atomic mass is 10.1. The van der Waals surface area contributed by atoms with Crippen LogP contribution >= 0.6 is 0 Å². The fourth-order valence-corrected chi connectivity index (χ4v) is 3.25. The Kier molecular flexibility index (Phi) is 11.0. The van der Waals surface area contributed by atoms with Crippen LogP contribution in [0.5, 0.6) is 5.75 Å². The predicted molar refractivity (Wildman–Crippen MR) is 131 cm³/mol. The van der Waals surface area contributed by atoms with Crippen molar-refractivity contribution in [1.29, 1.82) is 0 Å². The summed E-state index contributed by atoms with van der Waals surface area (Å²) in [5.41, 5.74) is 6.97. The highest BCUT2D eigenvalue weighted by molar-refractivity contribution is 5.93. The monoisotopic (exact) mass is 478 g/mol. The molecule has 0 bridgehead atoms. The summed E-state index contributed by atoms with van der Waals surface area (Å²) in [6.07, 6.45) is 4.02. The van der Waals surface area contributed by atoms with Crippen LogP contribution in [0.3, 0.4) is 0 Å². The van der Waals surface area contributed by atoms with E-state index in [1.807, 2.05) is 26.8 Å². The van der Waals surface area contributed by atoms with Crippen LogP contribution in [0.25, 0.3) is 0 Å². The SMILES string of the molecule is COC(=O)c1cc(N)c(NC/C=C/CNC(=O)OC(C)(C)C)c(OCCCN2CCOCC2)c1. The summed E-state index contributed by atoms with van der Waals surface area (Å²) in [7, 11) is 1.32. The molecule has 1 amide bonds. The number of esters is 1. The number of anilines is 2. The van der Waals surface area contributed by atoms with Crippen LogP contribution in [0.4, 0.5) is 16.2 Å². The molecule has 0 unspecified atom stereocenters. The van der Waals surface area contributed by atoms with Gasteiger partial charge >= 0.3 is 12.1 Å². The molecule has 1 aromatic rings. The number of nitrogens with zero attached hydrogens (tertiary/aromatic N) is 1. The lowest BCUT2D eigenvalue weighted by Crippen LogP contribution is -2.37. The van der Waals surface area contributed by atoms with Crippen molar-refractivity contribution in [2.45, 2.75) is 32.8 Å². The highest BCUT2D eigenvalue weighted by Crippen LogP contribution is 2.33. The molecule has 4 N–H and O–H groups in total. The number of carbonyl (C=O) groups excluding carboxylic acids is 2. The molecule has 0 spiro atoms. The van der Waals surface area contributed by atoms with Crippen molar-refractivity contribution >= 4 is 23.4 Å². The Morgan fingerprint density at radius 3 is 2.56 bits per heavy atom. The van der Waals surface area contributed by atoms with Gasteiger partial charge in [-0.1, -0.05) is 12.2 Å². The zero-order chi connectivity index (χ0) is 25.0. The molecule has 2 rings (SSSR count). The standard InChI is InChI=1S/C24H38N4O6/c1-24(2,3)34-23(30)27-9-6-5-8-26-21-19(25)16-18(22(29)31-4)17-20(21)33-13-7-10-28-11-14-32-15-12-28/h5-6,16-17,26H,7-15,25H2,1-4H3,(H,27,30)/b6-5+. The maximum Gasteiger partial charge on any atom is 0.407 e. The Hall–Kier alpha value is -2.98. The molecular weight excluding hydrogens is 440 g/mol. The van der Waals surface area contributed by atoms with E-state index in [1.165, 1.54) is 7.11 Å². The number of nitrogens with one attached hydrogen (secondary N) is 2. The summed E-state index contributed by atoms with van der Waals surface area (Å²) in [6, 6.07) is 3.19. The first kappa shape index (κ1) is 27.3. The molecule has 10 heteroatoms. The predicted octanol–water partition coefficient (Wildman–Crippen LogP) is 2.65. The number of morpholine rings is 1. The van der Waals surface area contributed by atoms with E-state index >= 15 is 0 Å². The molecular formula is C24H38N4O6. The topological polar surface area (TPSA) is 124 Å². The number of ether oxygens (including phenoxy) is 4. The van der Waals surface area contributed by atoms with Gasteiger partial charge in [0.15, 0.2) is 0 Å². The second-order valence-corrected chi connectivity index (χ2v) is 8.82. The van der Waals surface area contributed by atoms with Crippen LogP contribution in [0.2, 0.25) is 0 Å². The quantitative estimate of drug-likeness (QED) is 0.190. The lowest BCUT2D eigenvalue weighted by Gasteiger charge is -2.26. The van der Waals surface area contributed by atoms with Crippen LogP contribution in [-0.4, -0.2) is 82.2 Å². The third-order valence-corrected chi connectivity index (χ3v) is 4.86. The summed E-state index contributed by atoms with van der Waals surface area (Å²) in [6.45, 7) is 11.0. The average molecular weight is 479 g/mol. The van der Waals surface area contributed by atoms with Crippen LogP contribution < -0.4 is 21.1 Å². The van der Waals surface area contributed by atoms with Gasteiger partial charge in [-0.3, -0.25) is 4.90 Å². The summed E-state index contributed by atoms with van der Waals surface area (Å²) in [5, 5.41) is 5.88. The minimum atomic E-state index is -0.540. The molecule has 0 atom stereocenters. The Labute approximate surface area is 201 Å². The number of alkyl carbamates (subject to hydrolysis) is 1. The summed E-state index contributed by atoms with van der Waals surface area (Å²) >= 11 is 0. The Morgan fingerprint density at radius 1 is 1.18 bits per heavy atom. The Balaban J connectivity index is 1.91. The molecule has 34 heavy (non-hydrogen) atoms. The molecule has 0 saturated carbocycles. The van der Waals surface area contributed by atoms with Crippen molar-refractivity contribution in [3.8, 4) is 5.75 Å². The average Bonchev–Trinajstić information content (AvgIpc) is 2.79. The smallest absolute Gasteiger partial charge is 0.407 e. The summed E-state index contributed by atoms with van der Waals surface area (Å²) in [5.74, 6) is 0.00665. The summed E-state index contributed by atoms with van der Waals surface area (Å²) in [4.78, 5) is 26.0. The van der Waals surface area contributed by atoms with Crippen LogP contribution in [0.1, 0.15) is 37.6 Å². The number of methoxy groups -OCH3 is 1. The molecule has 1 saturated heterocycles. The molecule has 1 aromatic carbocycles. The molecule has 10 nitrogen and oxygen atoms in total. The molecule has 190 valence electrons. The van der Waals surface area contributed by atoms with Gasteiger partial charge in [0.2, 0.25) is 0 Å². The van der Waals surface area contributed by atoms with Crippen LogP contribution in [-0.2, 0) is 14.2 Å². The minimum absolute atomic E-state index is 0.325. The van der Waals surface area contributed by atoms with E-state index < -0.39 is 17.7 Å². The number of rotatable bonds is 11. The van der Waals surface area contributed by atoms with Gasteiger partial charge < -0.3 is 35.3 Å². The number of nitrogens with two attached hydrogens (primary N) is 1. The molecule has 0 aromatic heterocycles. The highest BCUT2D eigenvalue weighted by atomic mass is 16.6. The van der Waals surface area contributed by atoms with Gasteiger partial charge in [-0.15, -0.1) is 0 Å². The van der Waals surface area contributed by atoms with Crippen molar-refractivity contribution in [1.82, 2.24) is 10.2 Å². The second-order valence-electron chi connectivity index (χ2n) is 8.82. The van der Waals surface area contributed by atoms with Crippen molar-refractivity contribution in [3.63, 3.8) is 0 Å². The van der Waals surface area contributed by atoms with E-state index in [0.717, 1.165) is 39.3 Å². The molecule has 1 fully saturated rings. The van der Waals surface area contributed by atoms with Gasteiger partial charge in [-0.2, -0.15) is 0 Å². The highest BCUT2D eigenvalue weighted by Gasteiger charge is 2.16. The van der Waals surface area contributed by atoms with Crippen molar-refractivity contribution in [2.75, 3.05) is 70.7 Å². The first-order chi connectivity index (χ1) is 16.2. The Morgan fingerprint density at radius 2 is 1.88 bits per heavy atom. The third-order valence-electron chi connectivity index (χ3n) is 4.86. The fraction of sp³-hybridized carbons (Fsp3) is 0.583. The van der Waals surface area contributed by atoms with Crippen molar-refractivity contribution < 1.29 is 28.5 Å². The first-order valence-corrected chi connectivity index (χ1v) is 11.5. The van der Waals surface area contributed by atoms with E-state index in [-0.39, 0.29) is 0 Å². The lowest BCUT2D eigenvalue weighted by molar-refractivity contribution is 0.0358. The van der Waals surface area contributed by atoms with Gasteiger partial charge in [0.25, 0.3) is 0 Å². The maximum atomic E-state index is 12.0. The van der Waals surface area contributed by atoms with Gasteiger partial charge in [0.1, 0.15) is 17.0 Å². The second kappa shape index (κ2) is 13.7. The maximum absolute atomic E-state index is 12.0. The van der Waals surface area contributed by atoms with E-state index in [0.29, 0.717) is 42.4 Å². The van der Waals surface area contributed by atoms with Gasteiger partial charge in [-0.05, 0) is 39.3 Å². The number of hydrogen-bond donors (Lipinski definition) is 3. The zero-order valence-electron chi connectivity index (χ0n) is 20.6. The van der Waals surface area contributed by atoms with E-state index in [4.69, 9.17) is 24.7 Å². The third kappa shape index (κ3) is 9.88. The first-order valence-electron chi connectivity index (χ1n) is 11.5. The summed E-state index contributed by atoms with van der Waals surface area (Å²) < 4.78 is 21.4. The molecule has 0 radical (unpaired) electrons.